The summed E-state index contributed by atoms with van der Waals surface area (Å²) < 4.78 is 4.25. The topological polar surface area (TPSA) is 55.0 Å². The van der Waals surface area contributed by atoms with E-state index in [-0.39, 0.29) is 0 Å². The highest BCUT2D eigenvalue weighted by molar-refractivity contribution is 7.11. The predicted octanol–water partition coefficient (Wildman–Crippen LogP) is 2.63. The Labute approximate surface area is 105 Å². The third kappa shape index (κ3) is 2.39. The Morgan fingerprint density at radius 1 is 1.47 bits per heavy atom. The monoisotopic (exact) mass is 248 g/mol. The molecule has 0 saturated heterocycles. The summed E-state index contributed by atoms with van der Waals surface area (Å²) in [7, 11) is 2.07. The first kappa shape index (κ1) is 11.9. The number of hydrogen-bond donors (Lipinski definition) is 1. The average Bonchev–Trinajstić information content (AvgIpc) is 2.73. The second-order valence-corrected chi connectivity index (χ2v) is 4.66. The van der Waals surface area contributed by atoms with Crippen molar-refractivity contribution in [1.82, 2.24) is 9.36 Å². The summed E-state index contributed by atoms with van der Waals surface area (Å²) in [5, 5.41) is 1.11. The smallest absolute Gasteiger partial charge is 0.147 e. The molecule has 0 unspecified atom stereocenters. The zero-order valence-electron chi connectivity index (χ0n) is 10.1. The van der Waals surface area contributed by atoms with Gasteiger partial charge in [0, 0.05) is 31.5 Å². The largest absolute Gasteiger partial charge is 0.382 e. The van der Waals surface area contributed by atoms with Crippen LogP contribution in [0.15, 0.2) is 24.5 Å². The van der Waals surface area contributed by atoms with E-state index < -0.39 is 0 Å². The molecular weight excluding hydrogens is 232 g/mol. The first-order chi connectivity index (χ1) is 8.24. The Kier molecular flexibility index (Phi) is 3.58. The third-order valence-electron chi connectivity index (χ3n) is 2.56. The molecule has 0 aromatic carbocycles. The maximum atomic E-state index is 5.95. The lowest BCUT2D eigenvalue weighted by atomic mass is 10.1. The Bertz CT molecular complexity index is 481. The van der Waals surface area contributed by atoms with E-state index in [0.717, 1.165) is 29.1 Å². The highest BCUT2D eigenvalue weighted by atomic mass is 32.1. The molecule has 0 aliphatic rings. The van der Waals surface area contributed by atoms with Crippen LogP contribution in [0.4, 0.5) is 10.8 Å². The van der Waals surface area contributed by atoms with Crippen molar-refractivity contribution in [2.24, 2.45) is 0 Å². The van der Waals surface area contributed by atoms with Gasteiger partial charge in [0.2, 0.25) is 0 Å². The summed E-state index contributed by atoms with van der Waals surface area (Å²) in [6.45, 7) is 3.15. The third-order valence-corrected chi connectivity index (χ3v) is 3.53. The number of hydrogen-bond acceptors (Lipinski definition) is 5. The first-order valence-electron chi connectivity index (χ1n) is 5.60. The van der Waals surface area contributed by atoms with Crippen molar-refractivity contribution in [1.29, 1.82) is 0 Å². The number of rotatable bonds is 4. The van der Waals surface area contributed by atoms with Crippen LogP contribution >= 0.6 is 11.5 Å². The molecule has 0 aliphatic heterocycles. The van der Waals surface area contributed by atoms with E-state index in [1.54, 1.807) is 6.20 Å². The molecule has 0 fully saturated rings. The van der Waals surface area contributed by atoms with E-state index in [0.29, 0.717) is 5.82 Å². The van der Waals surface area contributed by atoms with E-state index in [1.807, 2.05) is 18.3 Å². The van der Waals surface area contributed by atoms with Crippen molar-refractivity contribution < 1.29 is 0 Å². The molecular formula is C12H16N4S. The summed E-state index contributed by atoms with van der Waals surface area (Å²) in [5.41, 5.74) is 7.98. The van der Waals surface area contributed by atoms with Crippen LogP contribution in [0.25, 0.3) is 11.1 Å². The number of nitrogens with zero attached hydrogens (tertiary/aromatic N) is 3. The molecule has 0 atom stereocenters. The van der Waals surface area contributed by atoms with Gasteiger partial charge in [0.25, 0.3) is 0 Å². The normalized spacial score (nSPS) is 10.5. The van der Waals surface area contributed by atoms with Crippen LogP contribution in [-0.4, -0.2) is 22.9 Å². The minimum Gasteiger partial charge on any atom is -0.382 e. The molecule has 4 nitrogen and oxygen atoms in total. The van der Waals surface area contributed by atoms with Crippen molar-refractivity contribution in [2.75, 3.05) is 24.2 Å². The van der Waals surface area contributed by atoms with Gasteiger partial charge in [-0.25, -0.2) is 0 Å². The summed E-state index contributed by atoms with van der Waals surface area (Å²) in [6, 6.07) is 3.92. The number of anilines is 2. The standard InChI is InChI=1S/C12H16N4S/c1-3-7-16(2)12-10(11(13)15-17-12)9-5-4-6-14-8-9/h4-6,8H,3,7H2,1-2H3,(H2,13,15). The van der Waals surface area contributed by atoms with Crippen LogP contribution in [0.3, 0.4) is 0 Å². The van der Waals surface area contributed by atoms with Gasteiger partial charge in [0.05, 0.1) is 5.56 Å². The van der Waals surface area contributed by atoms with Crippen LogP contribution < -0.4 is 10.6 Å². The highest BCUT2D eigenvalue weighted by Crippen LogP contribution is 2.38. The zero-order valence-corrected chi connectivity index (χ0v) is 10.9. The van der Waals surface area contributed by atoms with Gasteiger partial charge in [-0.05, 0) is 24.0 Å². The lowest BCUT2D eigenvalue weighted by Gasteiger charge is -2.17. The minimum atomic E-state index is 0.584. The van der Waals surface area contributed by atoms with Crippen LogP contribution in [0, 0.1) is 0 Å². The molecule has 2 rings (SSSR count). The van der Waals surface area contributed by atoms with Crippen molar-refractivity contribution >= 4 is 22.4 Å². The second kappa shape index (κ2) is 5.14. The van der Waals surface area contributed by atoms with Gasteiger partial charge < -0.3 is 10.6 Å². The van der Waals surface area contributed by atoms with Crippen LogP contribution in [0.1, 0.15) is 13.3 Å². The SMILES string of the molecule is CCCN(C)c1snc(N)c1-c1cccnc1. The van der Waals surface area contributed by atoms with E-state index in [1.165, 1.54) is 11.5 Å². The molecule has 2 N–H and O–H groups in total. The van der Waals surface area contributed by atoms with Gasteiger partial charge in [-0.1, -0.05) is 13.0 Å². The van der Waals surface area contributed by atoms with E-state index >= 15 is 0 Å². The van der Waals surface area contributed by atoms with Gasteiger partial charge in [-0.15, -0.1) is 0 Å². The van der Waals surface area contributed by atoms with E-state index in [4.69, 9.17) is 5.73 Å². The van der Waals surface area contributed by atoms with Crippen LogP contribution in [0.5, 0.6) is 0 Å². The predicted molar refractivity (Wildman–Crippen MR) is 73.3 cm³/mol. The molecule has 2 heterocycles. The fourth-order valence-electron chi connectivity index (χ4n) is 1.77. The number of nitrogens with two attached hydrogens (primary N) is 1. The quantitative estimate of drug-likeness (QED) is 0.903. The van der Waals surface area contributed by atoms with Gasteiger partial charge >= 0.3 is 0 Å². The van der Waals surface area contributed by atoms with Gasteiger partial charge in [0.15, 0.2) is 0 Å². The van der Waals surface area contributed by atoms with Gasteiger partial charge in [-0.2, -0.15) is 4.37 Å². The molecule has 5 heteroatoms. The molecule has 17 heavy (non-hydrogen) atoms. The summed E-state index contributed by atoms with van der Waals surface area (Å²) in [6.07, 6.45) is 4.68. The van der Waals surface area contributed by atoms with Crippen molar-refractivity contribution in [2.45, 2.75) is 13.3 Å². The fraction of sp³-hybridized carbons (Fsp3) is 0.333. The molecule has 0 aliphatic carbocycles. The Balaban J connectivity index is 2.43. The molecule has 2 aromatic rings. The first-order valence-corrected chi connectivity index (χ1v) is 6.38. The zero-order chi connectivity index (χ0) is 12.3. The lowest BCUT2D eigenvalue weighted by molar-refractivity contribution is 0.860. The van der Waals surface area contributed by atoms with Crippen LogP contribution in [-0.2, 0) is 0 Å². The lowest BCUT2D eigenvalue weighted by Crippen LogP contribution is -2.17. The van der Waals surface area contributed by atoms with Crippen molar-refractivity contribution in [3.63, 3.8) is 0 Å². The fourth-order valence-corrected chi connectivity index (χ4v) is 2.59. The molecule has 2 aromatic heterocycles. The van der Waals surface area contributed by atoms with Crippen molar-refractivity contribution in [3.05, 3.63) is 24.5 Å². The summed E-state index contributed by atoms with van der Waals surface area (Å²) in [5.74, 6) is 0.584. The highest BCUT2D eigenvalue weighted by Gasteiger charge is 2.16. The maximum Gasteiger partial charge on any atom is 0.147 e. The van der Waals surface area contributed by atoms with E-state index in [9.17, 15) is 0 Å². The van der Waals surface area contributed by atoms with Gasteiger partial charge in [-0.3, -0.25) is 4.98 Å². The number of nitrogen functional groups attached to an aromatic ring is 1. The minimum absolute atomic E-state index is 0.584. The summed E-state index contributed by atoms with van der Waals surface area (Å²) >= 11 is 1.44. The Hall–Kier alpha value is -1.62. The number of aromatic nitrogens is 2. The molecule has 0 radical (unpaired) electrons. The van der Waals surface area contributed by atoms with Crippen molar-refractivity contribution in [3.8, 4) is 11.1 Å². The molecule has 0 amide bonds. The average molecular weight is 248 g/mol. The second-order valence-electron chi connectivity index (χ2n) is 3.91. The molecule has 0 bridgehead atoms. The Morgan fingerprint density at radius 3 is 2.94 bits per heavy atom. The molecule has 0 saturated carbocycles. The molecule has 0 spiro atoms. The van der Waals surface area contributed by atoms with E-state index in [2.05, 4.69) is 28.2 Å². The number of pyridine rings is 1. The van der Waals surface area contributed by atoms with Crippen LogP contribution in [0.2, 0.25) is 0 Å². The summed E-state index contributed by atoms with van der Waals surface area (Å²) in [4.78, 5) is 6.32. The van der Waals surface area contributed by atoms with Gasteiger partial charge in [0.1, 0.15) is 10.8 Å². The Morgan fingerprint density at radius 2 is 2.29 bits per heavy atom. The molecule has 90 valence electrons. The maximum absolute atomic E-state index is 5.95.